The number of hydrogen-bond donors (Lipinski definition) is 1. The molecule has 0 saturated carbocycles. The number of alkyl halides is 3. The van der Waals surface area contributed by atoms with Crippen LogP contribution in [0.25, 0.3) is 10.9 Å². The number of benzene rings is 1. The molecule has 0 unspecified atom stereocenters. The van der Waals surface area contributed by atoms with Crippen LogP contribution in [0.2, 0.25) is 0 Å². The molecule has 0 atom stereocenters. The monoisotopic (exact) mass is 371 g/mol. The molecule has 0 saturated heterocycles. The fourth-order valence-electron chi connectivity index (χ4n) is 2.63. The lowest BCUT2D eigenvalue weighted by Gasteiger charge is -2.16. The van der Waals surface area contributed by atoms with Gasteiger partial charge in [-0.1, -0.05) is 18.2 Å². The minimum absolute atomic E-state index is 0.0502. The van der Waals surface area contributed by atoms with E-state index in [1.807, 2.05) is 55.4 Å². The Morgan fingerprint density at radius 2 is 1.85 bits per heavy atom. The number of rotatable bonds is 4. The first-order chi connectivity index (χ1) is 12.8. The van der Waals surface area contributed by atoms with Crippen molar-refractivity contribution in [3.63, 3.8) is 0 Å². The standard InChI is InChI=1S/C19H16F3N5/c1-27(2)17-9-13(14-5-3-4-6-15(14)25-17)11-24-18-12(10-23)7-8-16(26-18)19(20,21)22/h3-9H,11H2,1-2H3,(H,24,26). The van der Waals surface area contributed by atoms with Crippen molar-refractivity contribution in [3.05, 3.63) is 59.3 Å². The minimum atomic E-state index is -4.58. The Morgan fingerprint density at radius 3 is 2.52 bits per heavy atom. The van der Waals surface area contributed by atoms with Gasteiger partial charge in [0.1, 0.15) is 23.4 Å². The first-order valence-corrected chi connectivity index (χ1v) is 8.08. The van der Waals surface area contributed by atoms with Gasteiger partial charge < -0.3 is 10.2 Å². The Bertz CT molecular complexity index is 1020. The third-order valence-corrected chi connectivity index (χ3v) is 4.00. The summed E-state index contributed by atoms with van der Waals surface area (Å²) in [5.74, 6) is 0.627. The summed E-state index contributed by atoms with van der Waals surface area (Å²) in [5, 5.41) is 12.9. The van der Waals surface area contributed by atoms with E-state index in [0.29, 0.717) is 0 Å². The molecule has 3 rings (SSSR count). The largest absolute Gasteiger partial charge is 0.433 e. The van der Waals surface area contributed by atoms with Crippen LogP contribution < -0.4 is 10.2 Å². The number of aromatic nitrogens is 2. The number of para-hydroxylation sites is 1. The molecule has 8 heteroatoms. The molecule has 3 aromatic rings. The van der Waals surface area contributed by atoms with Crippen molar-refractivity contribution in [2.45, 2.75) is 12.7 Å². The fraction of sp³-hybridized carbons (Fsp3) is 0.211. The summed E-state index contributed by atoms with van der Waals surface area (Å²) in [5.41, 5.74) is 0.622. The van der Waals surface area contributed by atoms with E-state index in [-0.39, 0.29) is 17.9 Å². The van der Waals surface area contributed by atoms with E-state index >= 15 is 0 Å². The van der Waals surface area contributed by atoms with Crippen LogP contribution in [-0.2, 0) is 12.7 Å². The van der Waals surface area contributed by atoms with Crippen LogP contribution in [0.1, 0.15) is 16.8 Å². The van der Waals surface area contributed by atoms with E-state index in [2.05, 4.69) is 15.3 Å². The molecule has 0 aliphatic rings. The molecule has 0 bridgehead atoms. The second-order valence-electron chi connectivity index (χ2n) is 6.11. The molecule has 0 spiro atoms. The zero-order valence-electron chi connectivity index (χ0n) is 14.7. The zero-order valence-corrected chi connectivity index (χ0v) is 14.7. The summed E-state index contributed by atoms with van der Waals surface area (Å²) in [6, 6.07) is 13.1. The van der Waals surface area contributed by atoms with Crippen molar-refractivity contribution in [2.24, 2.45) is 0 Å². The molecule has 2 heterocycles. The van der Waals surface area contributed by atoms with E-state index in [1.165, 1.54) is 0 Å². The number of nitrogens with zero attached hydrogens (tertiary/aromatic N) is 4. The van der Waals surface area contributed by atoms with Crippen LogP contribution in [0.5, 0.6) is 0 Å². The highest BCUT2D eigenvalue weighted by molar-refractivity contribution is 5.84. The Morgan fingerprint density at radius 1 is 1.11 bits per heavy atom. The maximum absolute atomic E-state index is 12.9. The zero-order chi connectivity index (χ0) is 19.6. The quantitative estimate of drug-likeness (QED) is 0.745. The van der Waals surface area contributed by atoms with Crippen LogP contribution in [0, 0.1) is 11.3 Å². The summed E-state index contributed by atoms with van der Waals surface area (Å²) in [6.45, 7) is 0.201. The molecule has 0 fully saturated rings. The number of anilines is 2. The highest BCUT2D eigenvalue weighted by Gasteiger charge is 2.33. The van der Waals surface area contributed by atoms with Crippen LogP contribution in [0.4, 0.5) is 24.8 Å². The number of halogens is 3. The number of fused-ring (bicyclic) bond motifs is 1. The highest BCUT2D eigenvalue weighted by Crippen LogP contribution is 2.30. The first kappa shape index (κ1) is 18.5. The van der Waals surface area contributed by atoms with Gasteiger partial charge in [-0.25, -0.2) is 9.97 Å². The van der Waals surface area contributed by atoms with Crippen LogP contribution in [-0.4, -0.2) is 24.1 Å². The van der Waals surface area contributed by atoms with Crippen molar-refractivity contribution >= 4 is 22.5 Å². The van der Waals surface area contributed by atoms with Crippen molar-refractivity contribution < 1.29 is 13.2 Å². The van der Waals surface area contributed by atoms with Gasteiger partial charge in [-0.2, -0.15) is 18.4 Å². The number of nitriles is 1. The molecular weight excluding hydrogens is 355 g/mol. The molecule has 0 aliphatic heterocycles. The topological polar surface area (TPSA) is 64.8 Å². The van der Waals surface area contributed by atoms with Crippen LogP contribution >= 0.6 is 0 Å². The third kappa shape index (κ3) is 3.92. The number of pyridine rings is 2. The molecule has 1 aromatic carbocycles. The maximum atomic E-state index is 12.9. The second kappa shape index (κ2) is 7.11. The average molecular weight is 371 g/mol. The normalized spacial score (nSPS) is 11.3. The minimum Gasteiger partial charge on any atom is -0.365 e. The molecule has 27 heavy (non-hydrogen) atoms. The van der Waals surface area contributed by atoms with Gasteiger partial charge in [-0.15, -0.1) is 0 Å². The van der Waals surface area contributed by atoms with Gasteiger partial charge in [0.2, 0.25) is 0 Å². The van der Waals surface area contributed by atoms with Crippen molar-refractivity contribution in [1.82, 2.24) is 9.97 Å². The summed E-state index contributed by atoms with van der Waals surface area (Å²) in [4.78, 5) is 9.98. The van der Waals surface area contributed by atoms with E-state index in [0.717, 1.165) is 34.4 Å². The van der Waals surface area contributed by atoms with Gasteiger partial charge >= 0.3 is 6.18 Å². The SMILES string of the molecule is CN(C)c1cc(CNc2nc(C(F)(F)F)ccc2C#N)c2ccccc2n1. The molecule has 1 N–H and O–H groups in total. The lowest BCUT2D eigenvalue weighted by Crippen LogP contribution is -2.13. The second-order valence-corrected chi connectivity index (χ2v) is 6.11. The molecule has 0 aliphatic carbocycles. The van der Waals surface area contributed by atoms with Crippen molar-refractivity contribution in [1.29, 1.82) is 5.26 Å². The van der Waals surface area contributed by atoms with Gasteiger partial charge in [-0.3, -0.25) is 0 Å². The van der Waals surface area contributed by atoms with Crippen LogP contribution in [0.15, 0.2) is 42.5 Å². The summed E-state index contributed by atoms with van der Waals surface area (Å²) < 4.78 is 38.8. The summed E-state index contributed by atoms with van der Waals surface area (Å²) in [6.07, 6.45) is -4.58. The molecule has 138 valence electrons. The predicted molar refractivity (Wildman–Crippen MR) is 97.4 cm³/mol. The summed E-state index contributed by atoms with van der Waals surface area (Å²) >= 11 is 0. The molecule has 2 aromatic heterocycles. The Hall–Kier alpha value is -3.34. The molecule has 0 radical (unpaired) electrons. The van der Waals surface area contributed by atoms with Crippen molar-refractivity contribution in [3.8, 4) is 6.07 Å². The van der Waals surface area contributed by atoms with Gasteiger partial charge in [-0.05, 0) is 29.8 Å². The maximum Gasteiger partial charge on any atom is 0.433 e. The van der Waals surface area contributed by atoms with E-state index in [4.69, 9.17) is 0 Å². The smallest absolute Gasteiger partial charge is 0.365 e. The first-order valence-electron chi connectivity index (χ1n) is 8.08. The van der Waals surface area contributed by atoms with Gasteiger partial charge in [0, 0.05) is 26.0 Å². The number of hydrogen-bond acceptors (Lipinski definition) is 5. The van der Waals surface area contributed by atoms with Crippen LogP contribution in [0.3, 0.4) is 0 Å². The Kier molecular flexibility index (Phi) is 4.86. The fourth-order valence-corrected chi connectivity index (χ4v) is 2.63. The summed E-state index contributed by atoms with van der Waals surface area (Å²) in [7, 11) is 3.72. The van der Waals surface area contributed by atoms with E-state index < -0.39 is 11.9 Å². The number of nitrogens with one attached hydrogen (secondary N) is 1. The Balaban J connectivity index is 1.99. The Labute approximate surface area is 154 Å². The lowest BCUT2D eigenvalue weighted by molar-refractivity contribution is -0.141. The van der Waals surface area contributed by atoms with Gasteiger partial charge in [0.15, 0.2) is 0 Å². The lowest BCUT2D eigenvalue weighted by atomic mass is 10.1. The van der Waals surface area contributed by atoms with Gasteiger partial charge in [0.05, 0.1) is 11.1 Å². The van der Waals surface area contributed by atoms with Gasteiger partial charge in [0.25, 0.3) is 0 Å². The molecular formula is C19H16F3N5. The van der Waals surface area contributed by atoms with E-state index in [9.17, 15) is 18.4 Å². The predicted octanol–water partition coefficient (Wildman–Crippen LogP) is 4.20. The molecule has 0 amide bonds. The third-order valence-electron chi connectivity index (χ3n) is 4.00. The van der Waals surface area contributed by atoms with E-state index in [1.54, 1.807) is 0 Å². The van der Waals surface area contributed by atoms with Crippen molar-refractivity contribution in [2.75, 3.05) is 24.3 Å². The molecule has 5 nitrogen and oxygen atoms in total. The highest BCUT2D eigenvalue weighted by atomic mass is 19.4. The average Bonchev–Trinajstić information content (AvgIpc) is 2.64.